The van der Waals surface area contributed by atoms with E-state index in [1.165, 1.54) is 42.6 Å². The number of aromatic nitrogens is 1. The molecule has 0 radical (unpaired) electrons. The first-order valence-electron chi connectivity index (χ1n) is 6.03. The zero-order chi connectivity index (χ0) is 11.4. The highest BCUT2D eigenvalue weighted by molar-refractivity contribution is 7.12. The molecular weight excluding hydrogens is 218 g/mol. The highest BCUT2D eigenvalue weighted by Crippen LogP contribution is 2.31. The molecule has 3 heteroatoms. The van der Waals surface area contributed by atoms with Crippen LogP contribution < -0.4 is 0 Å². The number of thiazole rings is 1. The van der Waals surface area contributed by atoms with E-state index in [9.17, 15) is 5.11 Å². The number of aliphatic hydroxyl groups excluding tert-OH is 1. The Bertz CT molecular complexity index is 364. The van der Waals surface area contributed by atoms with E-state index in [4.69, 9.17) is 0 Å². The molecule has 1 fully saturated rings. The predicted octanol–water partition coefficient (Wildman–Crippen LogP) is 3.41. The lowest BCUT2D eigenvalue weighted by molar-refractivity contribution is 0.295. The van der Waals surface area contributed by atoms with Crippen molar-refractivity contribution in [3.63, 3.8) is 0 Å². The highest BCUT2D eigenvalue weighted by Gasteiger charge is 2.17. The van der Waals surface area contributed by atoms with Gasteiger partial charge in [-0.2, -0.15) is 0 Å². The molecule has 1 aliphatic rings. The third-order valence-electron chi connectivity index (χ3n) is 3.28. The van der Waals surface area contributed by atoms with Gasteiger partial charge in [0.1, 0.15) is 0 Å². The SMILES string of the molecule is Cc1ncc(C=C(CO)C2CCCCC2)s1. The predicted molar refractivity (Wildman–Crippen MR) is 68.5 cm³/mol. The van der Waals surface area contributed by atoms with Gasteiger partial charge in [0.15, 0.2) is 0 Å². The van der Waals surface area contributed by atoms with Gasteiger partial charge in [-0.3, -0.25) is 0 Å². The van der Waals surface area contributed by atoms with Gasteiger partial charge >= 0.3 is 0 Å². The normalized spacial score (nSPS) is 19.0. The second kappa shape index (κ2) is 5.60. The molecule has 1 N–H and O–H groups in total. The Balaban J connectivity index is 2.11. The van der Waals surface area contributed by atoms with Crippen molar-refractivity contribution in [3.8, 4) is 0 Å². The molecule has 2 nitrogen and oxygen atoms in total. The quantitative estimate of drug-likeness (QED) is 0.874. The largest absolute Gasteiger partial charge is 0.392 e. The van der Waals surface area contributed by atoms with E-state index in [1.54, 1.807) is 11.3 Å². The van der Waals surface area contributed by atoms with Crippen LogP contribution in [0.4, 0.5) is 0 Å². The smallest absolute Gasteiger partial charge is 0.0900 e. The minimum atomic E-state index is 0.196. The Morgan fingerprint density at radius 2 is 2.25 bits per heavy atom. The highest BCUT2D eigenvalue weighted by atomic mass is 32.1. The van der Waals surface area contributed by atoms with Crippen molar-refractivity contribution in [1.82, 2.24) is 4.98 Å². The van der Waals surface area contributed by atoms with Crippen LogP contribution in [0.15, 0.2) is 11.8 Å². The Hall–Kier alpha value is -0.670. The second-order valence-corrected chi connectivity index (χ2v) is 5.76. The van der Waals surface area contributed by atoms with Crippen LogP contribution in [0.1, 0.15) is 42.0 Å². The standard InChI is InChI=1S/C13H19NOS/c1-10-14-8-13(16-10)7-12(9-15)11-5-3-2-4-6-11/h7-8,11,15H,2-6,9H2,1H3. The fourth-order valence-electron chi connectivity index (χ4n) is 2.39. The van der Waals surface area contributed by atoms with E-state index < -0.39 is 0 Å². The first-order valence-corrected chi connectivity index (χ1v) is 6.85. The van der Waals surface area contributed by atoms with Crippen LogP contribution in [0.5, 0.6) is 0 Å². The van der Waals surface area contributed by atoms with Gasteiger partial charge in [0.25, 0.3) is 0 Å². The van der Waals surface area contributed by atoms with Gasteiger partial charge in [-0.1, -0.05) is 19.3 Å². The van der Waals surface area contributed by atoms with Gasteiger partial charge < -0.3 is 5.11 Å². The molecule has 1 aromatic heterocycles. The molecule has 1 heterocycles. The third-order valence-corrected chi connectivity index (χ3v) is 4.14. The summed E-state index contributed by atoms with van der Waals surface area (Å²) in [5.74, 6) is 0.598. The maximum Gasteiger partial charge on any atom is 0.0900 e. The number of nitrogens with zero attached hydrogens (tertiary/aromatic N) is 1. The van der Waals surface area contributed by atoms with Crippen molar-refractivity contribution in [3.05, 3.63) is 21.7 Å². The van der Waals surface area contributed by atoms with Crippen molar-refractivity contribution in [2.75, 3.05) is 6.61 Å². The number of aryl methyl sites for hydroxylation is 1. The van der Waals surface area contributed by atoms with E-state index in [0.29, 0.717) is 5.92 Å². The van der Waals surface area contributed by atoms with Crippen LogP contribution in [0, 0.1) is 12.8 Å². The molecule has 0 unspecified atom stereocenters. The Morgan fingerprint density at radius 1 is 1.50 bits per heavy atom. The first-order chi connectivity index (χ1) is 7.79. The zero-order valence-electron chi connectivity index (χ0n) is 9.78. The van der Waals surface area contributed by atoms with Gasteiger partial charge in [0, 0.05) is 11.1 Å². The van der Waals surface area contributed by atoms with E-state index in [0.717, 1.165) is 5.01 Å². The Kier molecular flexibility index (Phi) is 4.13. The summed E-state index contributed by atoms with van der Waals surface area (Å²) in [5, 5.41) is 10.6. The van der Waals surface area contributed by atoms with E-state index in [-0.39, 0.29) is 6.61 Å². The monoisotopic (exact) mass is 237 g/mol. The summed E-state index contributed by atoms with van der Waals surface area (Å²) in [4.78, 5) is 5.41. The average molecular weight is 237 g/mol. The third kappa shape index (κ3) is 2.92. The fourth-order valence-corrected chi connectivity index (χ4v) is 3.16. The number of hydrogen-bond acceptors (Lipinski definition) is 3. The summed E-state index contributed by atoms with van der Waals surface area (Å²) in [6.07, 6.45) is 10.5. The summed E-state index contributed by atoms with van der Waals surface area (Å²) in [6.45, 7) is 2.21. The van der Waals surface area contributed by atoms with Crippen LogP contribution in [-0.2, 0) is 0 Å². The molecular formula is C13H19NOS. The maximum absolute atomic E-state index is 9.46. The molecule has 1 saturated carbocycles. The summed E-state index contributed by atoms with van der Waals surface area (Å²) < 4.78 is 0. The maximum atomic E-state index is 9.46. The second-order valence-electron chi connectivity index (χ2n) is 4.49. The topological polar surface area (TPSA) is 33.1 Å². The van der Waals surface area contributed by atoms with Gasteiger partial charge in [-0.05, 0) is 37.3 Å². The molecule has 88 valence electrons. The molecule has 16 heavy (non-hydrogen) atoms. The van der Waals surface area contributed by atoms with Crippen molar-refractivity contribution >= 4 is 17.4 Å². The lowest BCUT2D eigenvalue weighted by Gasteiger charge is -2.23. The Morgan fingerprint density at radius 3 is 2.81 bits per heavy atom. The fraction of sp³-hybridized carbons (Fsp3) is 0.615. The molecule has 0 aliphatic heterocycles. The van der Waals surface area contributed by atoms with E-state index in [2.05, 4.69) is 11.1 Å². The minimum absolute atomic E-state index is 0.196. The molecule has 0 aromatic carbocycles. The van der Waals surface area contributed by atoms with Crippen molar-refractivity contribution in [2.24, 2.45) is 5.92 Å². The van der Waals surface area contributed by atoms with E-state index in [1.807, 2.05) is 13.1 Å². The minimum Gasteiger partial charge on any atom is -0.392 e. The number of hydrogen-bond donors (Lipinski definition) is 1. The summed E-state index contributed by atoms with van der Waals surface area (Å²) >= 11 is 1.70. The molecule has 0 amide bonds. The van der Waals surface area contributed by atoms with Gasteiger partial charge in [0.2, 0.25) is 0 Å². The molecule has 0 saturated heterocycles. The molecule has 2 rings (SSSR count). The summed E-state index contributed by atoms with van der Waals surface area (Å²) in [7, 11) is 0. The zero-order valence-corrected chi connectivity index (χ0v) is 10.6. The van der Waals surface area contributed by atoms with Crippen molar-refractivity contribution in [1.29, 1.82) is 0 Å². The van der Waals surface area contributed by atoms with Crippen LogP contribution in [0.25, 0.3) is 6.08 Å². The van der Waals surface area contributed by atoms with Crippen LogP contribution in [0.3, 0.4) is 0 Å². The lowest BCUT2D eigenvalue weighted by Crippen LogP contribution is -2.11. The number of aliphatic hydroxyl groups is 1. The Labute approximate surface area is 101 Å². The van der Waals surface area contributed by atoms with Crippen LogP contribution >= 0.6 is 11.3 Å². The molecule has 0 bridgehead atoms. The first kappa shape index (κ1) is 11.8. The van der Waals surface area contributed by atoms with Gasteiger partial charge in [0.05, 0.1) is 11.6 Å². The van der Waals surface area contributed by atoms with Crippen LogP contribution in [0.2, 0.25) is 0 Å². The molecule has 0 atom stereocenters. The van der Waals surface area contributed by atoms with Crippen molar-refractivity contribution in [2.45, 2.75) is 39.0 Å². The van der Waals surface area contributed by atoms with Gasteiger partial charge in [-0.25, -0.2) is 4.98 Å². The lowest BCUT2D eigenvalue weighted by atomic mass is 9.84. The van der Waals surface area contributed by atoms with Crippen LogP contribution in [-0.4, -0.2) is 16.7 Å². The van der Waals surface area contributed by atoms with Crippen molar-refractivity contribution < 1.29 is 5.11 Å². The molecule has 0 spiro atoms. The summed E-state index contributed by atoms with van der Waals surface area (Å²) in [5.41, 5.74) is 1.20. The van der Waals surface area contributed by atoms with E-state index >= 15 is 0 Å². The average Bonchev–Trinajstić information content (AvgIpc) is 2.73. The molecule has 1 aliphatic carbocycles. The van der Waals surface area contributed by atoms with Gasteiger partial charge in [-0.15, -0.1) is 11.3 Å². The molecule has 1 aromatic rings. The number of rotatable bonds is 3. The summed E-state index contributed by atoms with van der Waals surface area (Å²) in [6, 6.07) is 0.